The molecule has 1 nitrogen and oxygen atoms in total. The van der Waals surface area contributed by atoms with Gasteiger partial charge in [0, 0.05) is 11.1 Å². The lowest BCUT2D eigenvalue weighted by Crippen LogP contribution is -2.49. The molecular weight excluding hydrogens is 225 g/mol. The molecule has 0 saturated heterocycles. The molecule has 0 amide bonds. The van der Waals surface area contributed by atoms with E-state index in [1.807, 2.05) is 19.9 Å². The molecule has 0 aliphatic heterocycles. The topological polar surface area (TPSA) is 26.0 Å². The van der Waals surface area contributed by atoms with E-state index in [1.165, 1.54) is 6.42 Å². The third kappa shape index (κ3) is 2.07. The highest BCUT2D eigenvalue weighted by atomic mass is 19.1. The fourth-order valence-corrected chi connectivity index (χ4v) is 3.56. The average molecular weight is 249 g/mol. The molecule has 2 N–H and O–H groups in total. The zero-order valence-electron chi connectivity index (χ0n) is 11.9. The second-order valence-electron chi connectivity index (χ2n) is 6.14. The van der Waals surface area contributed by atoms with Crippen LogP contribution in [0.3, 0.4) is 0 Å². The minimum atomic E-state index is -0.500. The fraction of sp³-hybridized carbons (Fsp3) is 0.625. The molecule has 18 heavy (non-hydrogen) atoms. The van der Waals surface area contributed by atoms with E-state index in [0.29, 0.717) is 11.8 Å². The van der Waals surface area contributed by atoms with Gasteiger partial charge in [-0.15, -0.1) is 0 Å². The second kappa shape index (κ2) is 4.65. The van der Waals surface area contributed by atoms with E-state index in [9.17, 15) is 4.39 Å². The zero-order chi connectivity index (χ0) is 13.5. The average Bonchev–Trinajstić information content (AvgIpc) is 2.24. The number of hydrogen-bond acceptors (Lipinski definition) is 1. The lowest BCUT2D eigenvalue weighted by Gasteiger charge is -2.44. The van der Waals surface area contributed by atoms with Gasteiger partial charge in [0.2, 0.25) is 0 Å². The lowest BCUT2D eigenvalue weighted by molar-refractivity contribution is 0.139. The van der Waals surface area contributed by atoms with Gasteiger partial charge in [-0.3, -0.25) is 0 Å². The standard InChI is InChI=1S/C16H24FN/c1-10-8-12(3)15(14(17)9-10)16(18)7-5-6-11(2)13(16)4/h8-9,11,13H,5-7,18H2,1-4H3. The largest absolute Gasteiger partial charge is 0.321 e. The van der Waals surface area contributed by atoms with E-state index in [-0.39, 0.29) is 5.82 Å². The van der Waals surface area contributed by atoms with Crippen LogP contribution in [0.1, 0.15) is 49.8 Å². The number of nitrogens with two attached hydrogens (primary N) is 1. The van der Waals surface area contributed by atoms with Crippen LogP contribution in [0.25, 0.3) is 0 Å². The number of rotatable bonds is 1. The molecule has 0 radical (unpaired) electrons. The van der Waals surface area contributed by atoms with Crippen molar-refractivity contribution < 1.29 is 4.39 Å². The Kier molecular flexibility index (Phi) is 3.50. The Balaban J connectivity index is 2.53. The molecular formula is C16H24FN. The molecule has 100 valence electrons. The summed E-state index contributed by atoms with van der Waals surface area (Å²) >= 11 is 0. The summed E-state index contributed by atoms with van der Waals surface area (Å²) in [7, 11) is 0. The third-order valence-electron chi connectivity index (χ3n) is 4.81. The van der Waals surface area contributed by atoms with Crippen LogP contribution in [0.4, 0.5) is 4.39 Å². The summed E-state index contributed by atoms with van der Waals surface area (Å²) in [4.78, 5) is 0. The number of benzene rings is 1. The Morgan fingerprint density at radius 1 is 1.28 bits per heavy atom. The number of hydrogen-bond donors (Lipinski definition) is 1. The smallest absolute Gasteiger partial charge is 0.128 e. The zero-order valence-corrected chi connectivity index (χ0v) is 11.9. The fourth-order valence-electron chi connectivity index (χ4n) is 3.56. The van der Waals surface area contributed by atoms with Crippen LogP contribution in [-0.4, -0.2) is 0 Å². The first-order valence-electron chi connectivity index (χ1n) is 6.92. The Bertz CT molecular complexity index is 431. The maximum atomic E-state index is 14.4. The molecule has 1 aliphatic rings. The lowest BCUT2D eigenvalue weighted by atomic mass is 9.65. The van der Waals surface area contributed by atoms with E-state index in [4.69, 9.17) is 5.73 Å². The molecule has 1 aliphatic carbocycles. The molecule has 0 aromatic heterocycles. The van der Waals surface area contributed by atoms with E-state index >= 15 is 0 Å². The number of aryl methyl sites for hydroxylation is 2. The van der Waals surface area contributed by atoms with Gasteiger partial charge in [0.1, 0.15) is 5.82 Å². The van der Waals surface area contributed by atoms with Gasteiger partial charge in [0.05, 0.1) is 0 Å². The minimum absolute atomic E-state index is 0.129. The Labute approximate surface area is 110 Å². The molecule has 2 heteroatoms. The highest BCUT2D eigenvalue weighted by Gasteiger charge is 2.42. The third-order valence-corrected chi connectivity index (χ3v) is 4.81. The molecule has 0 bridgehead atoms. The SMILES string of the molecule is Cc1cc(C)c(C2(N)CCCC(C)C2C)c(F)c1. The molecule has 1 aromatic rings. The van der Waals surface area contributed by atoms with Gasteiger partial charge in [-0.05, 0) is 49.3 Å². The summed E-state index contributed by atoms with van der Waals surface area (Å²) in [6, 6.07) is 3.65. The van der Waals surface area contributed by atoms with Gasteiger partial charge >= 0.3 is 0 Å². The van der Waals surface area contributed by atoms with E-state index < -0.39 is 5.54 Å². The summed E-state index contributed by atoms with van der Waals surface area (Å²) in [6.07, 6.45) is 3.18. The molecule has 1 fully saturated rings. The van der Waals surface area contributed by atoms with Crippen LogP contribution in [0, 0.1) is 31.5 Å². The first-order valence-corrected chi connectivity index (χ1v) is 6.92. The summed E-state index contributed by atoms with van der Waals surface area (Å²) in [6.45, 7) is 8.30. The predicted octanol–water partition coefficient (Wildman–Crippen LogP) is 4.05. The van der Waals surface area contributed by atoms with Gasteiger partial charge in [0.25, 0.3) is 0 Å². The van der Waals surface area contributed by atoms with Crippen LogP contribution >= 0.6 is 0 Å². The molecule has 3 unspecified atom stereocenters. The van der Waals surface area contributed by atoms with Crippen molar-refractivity contribution in [1.29, 1.82) is 0 Å². The highest BCUT2D eigenvalue weighted by molar-refractivity contribution is 5.38. The second-order valence-corrected chi connectivity index (χ2v) is 6.14. The monoisotopic (exact) mass is 249 g/mol. The Hall–Kier alpha value is -0.890. The van der Waals surface area contributed by atoms with Gasteiger partial charge in [0.15, 0.2) is 0 Å². The van der Waals surface area contributed by atoms with E-state index in [0.717, 1.165) is 29.5 Å². The summed E-state index contributed by atoms with van der Waals surface area (Å²) < 4.78 is 14.4. The van der Waals surface area contributed by atoms with Crippen molar-refractivity contribution in [2.24, 2.45) is 17.6 Å². The molecule has 0 heterocycles. The molecule has 1 saturated carbocycles. The maximum absolute atomic E-state index is 14.4. The number of halogens is 1. The van der Waals surface area contributed by atoms with Gasteiger partial charge in [-0.2, -0.15) is 0 Å². The predicted molar refractivity (Wildman–Crippen MR) is 73.9 cm³/mol. The molecule has 0 spiro atoms. The quantitative estimate of drug-likeness (QED) is 0.798. The van der Waals surface area contributed by atoms with Gasteiger partial charge in [-0.1, -0.05) is 32.8 Å². The van der Waals surface area contributed by atoms with Crippen molar-refractivity contribution in [1.82, 2.24) is 0 Å². The maximum Gasteiger partial charge on any atom is 0.128 e. The van der Waals surface area contributed by atoms with E-state index in [2.05, 4.69) is 13.8 Å². The molecule has 3 atom stereocenters. The van der Waals surface area contributed by atoms with Crippen LogP contribution in [0.15, 0.2) is 12.1 Å². The van der Waals surface area contributed by atoms with Crippen LogP contribution in [0.2, 0.25) is 0 Å². The van der Waals surface area contributed by atoms with E-state index in [1.54, 1.807) is 6.07 Å². The van der Waals surface area contributed by atoms with Crippen molar-refractivity contribution in [2.75, 3.05) is 0 Å². The first kappa shape index (κ1) is 13.5. The Morgan fingerprint density at radius 3 is 2.56 bits per heavy atom. The van der Waals surface area contributed by atoms with Crippen molar-refractivity contribution in [3.8, 4) is 0 Å². The Morgan fingerprint density at radius 2 is 1.94 bits per heavy atom. The van der Waals surface area contributed by atoms with Gasteiger partial charge in [-0.25, -0.2) is 4.39 Å². The van der Waals surface area contributed by atoms with Gasteiger partial charge < -0.3 is 5.73 Å². The normalized spacial score (nSPS) is 32.6. The van der Waals surface area contributed by atoms with Crippen molar-refractivity contribution in [3.63, 3.8) is 0 Å². The van der Waals surface area contributed by atoms with Crippen molar-refractivity contribution >= 4 is 0 Å². The summed E-state index contributed by atoms with van der Waals surface area (Å²) in [5, 5.41) is 0. The summed E-state index contributed by atoms with van der Waals surface area (Å²) in [5.41, 5.74) is 8.83. The van der Waals surface area contributed by atoms with Crippen molar-refractivity contribution in [3.05, 3.63) is 34.6 Å². The minimum Gasteiger partial charge on any atom is -0.321 e. The molecule has 2 rings (SSSR count). The van der Waals surface area contributed by atoms with Crippen LogP contribution in [-0.2, 0) is 5.54 Å². The van der Waals surface area contributed by atoms with Crippen molar-refractivity contribution in [2.45, 2.75) is 52.5 Å². The first-order chi connectivity index (χ1) is 8.36. The summed E-state index contributed by atoms with van der Waals surface area (Å²) in [5.74, 6) is 0.752. The van der Waals surface area contributed by atoms with Crippen LogP contribution in [0.5, 0.6) is 0 Å². The van der Waals surface area contributed by atoms with Crippen LogP contribution < -0.4 is 5.73 Å². The molecule has 1 aromatic carbocycles. The highest BCUT2D eigenvalue weighted by Crippen LogP contribution is 2.44.